The van der Waals surface area contributed by atoms with Crippen molar-refractivity contribution in [3.05, 3.63) is 89.0 Å². The van der Waals surface area contributed by atoms with Crippen LogP contribution in [0.15, 0.2) is 66.7 Å². The largest absolute Gasteiger partial charge is 0.497 e. The number of alkyl halides is 3. The van der Waals surface area contributed by atoms with Gasteiger partial charge in [0.1, 0.15) is 5.75 Å². The molecule has 0 aliphatic carbocycles. The molecule has 3 aliphatic rings. The molecule has 3 aromatic carbocycles. The summed E-state index contributed by atoms with van der Waals surface area (Å²) in [5.41, 5.74) is 2.21. The van der Waals surface area contributed by atoms with Gasteiger partial charge in [0.15, 0.2) is 0 Å². The fraction of sp³-hybridized carbons (Fsp3) is 0.444. The minimum atomic E-state index is -4.51. The van der Waals surface area contributed by atoms with Crippen LogP contribution in [0.1, 0.15) is 51.8 Å². The molecule has 2 saturated heterocycles. The number of likely N-dealkylation sites (tertiary alicyclic amines) is 1. The molecule has 3 heterocycles. The third-order valence-corrected chi connectivity index (χ3v) is 9.88. The SMILES string of the molecule is COc1ccc2c(c1)C(=O)N(CC1CCN(C)CC1)[C@@H](c1ccc(C(F)(F)F)cc1)[C@@H]2C(=O)Nc1cccc(N2CCN(C)CC2)c1. The van der Waals surface area contributed by atoms with Gasteiger partial charge in [-0.05, 0) is 99.5 Å². The number of hydrogen-bond donors (Lipinski definition) is 1. The van der Waals surface area contributed by atoms with E-state index in [1.54, 1.807) is 23.1 Å². The number of piperazine rings is 1. The van der Waals surface area contributed by atoms with Crippen molar-refractivity contribution in [3.8, 4) is 5.75 Å². The average molecular weight is 650 g/mol. The van der Waals surface area contributed by atoms with Crippen molar-refractivity contribution in [3.63, 3.8) is 0 Å². The van der Waals surface area contributed by atoms with Crippen molar-refractivity contribution < 1.29 is 27.5 Å². The highest BCUT2D eigenvalue weighted by Crippen LogP contribution is 2.45. The number of carbonyl (C=O) groups is 2. The van der Waals surface area contributed by atoms with Crippen LogP contribution in [0.2, 0.25) is 0 Å². The number of halogens is 3. The van der Waals surface area contributed by atoms with Crippen LogP contribution in [-0.2, 0) is 11.0 Å². The molecular weight excluding hydrogens is 607 g/mol. The number of benzene rings is 3. The minimum absolute atomic E-state index is 0.184. The molecule has 2 atom stereocenters. The quantitative estimate of drug-likeness (QED) is 0.353. The summed E-state index contributed by atoms with van der Waals surface area (Å²) >= 11 is 0. The molecule has 1 N–H and O–H groups in total. The normalized spacial score (nSPS) is 21.4. The van der Waals surface area contributed by atoms with Crippen LogP contribution >= 0.6 is 0 Å². The summed E-state index contributed by atoms with van der Waals surface area (Å²) in [6.07, 6.45) is -2.76. The summed E-state index contributed by atoms with van der Waals surface area (Å²) in [7, 11) is 5.68. The Labute approximate surface area is 274 Å². The molecule has 6 rings (SSSR count). The predicted octanol–water partition coefficient (Wildman–Crippen LogP) is 5.73. The molecule has 0 saturated carbocycles. The number of methoxy groups -OCH3 is 1. The third-order valence-electron chi connectivity index (χ3n) is 9.88. The first kappa shape index (κ1) is 32.8. The van der Waals surface area contributed by atoms with Gasteiger partial charge in [0.2, 0.25) is 5.91 Å². The van der Waals surface area contributed by atoms with E-state index in [1.165, 1.54) is 19.2 Å². The first-order valence-corrected chi connectivity index (χ1v) is 16.2. The Kier molecular flexibility index (Phi) is 9.48. The van der Waals surface area contributed by atoms with E-state index >= 15 is 0 Å². The standard InChI is InChI=1S/C36H42F3N5O3/c1-41-15-13-24(14-16-41)23-44-33(25-7-9-26(10-8-25)36(37,38)39)32(30-12-11-29(47-3)22-31(30)35(44)46)34(45)40-27-5-4-6-28(21-27)43-19-17-42(2)18-20-43/h4-12,21-22,24,32-33H,13-20,23H2,1-3H3,(H,40,45)/t32-,33+/m1/s1. The number of anilines is 2. The van der Waals surface area contributed by atoms with Crippen molar-refractivity contribution >= 4 is 23.2 Å². The lowest BCUT2D eigenvalue weighted by molar-refractivity contribution is -0.137. The fourth-order valence-corrected chi connectivity index (χ4v) is 7.06. The van der Waals surface area contributed by atoms with Gasteiger partial charge >= 0.3 is 6.18 Å². The highest BCUT2D eigenvalue weighted by Gasteiger charge is 2.45. The van der Waals surface area contributed by atoms with Crippen molar-refractivity contribution in [2.45, 2.75) is 31.0 Å². The van der Waals surface area contributed by atoms with E-state index in [4.69, 9.17) is 4.74 Å². The van der Waals surface area contributed by atoms with Crippen molar-refractivity contribution in [2.75, 3.05) is 77.2 Å². The predicted molar refractivity (Wildman–Crippen MR) is 176 cm³/mol. The van der Waals surface area contributed by atoms with E-state index in [0.717, 1.165) is 69.9 Å². The number of rotatable bonds is 7. The molecule has 11 heteroatoms. The van der Waals surface area contributed by atoms with E-state index in [0.29, 0.717) is 34.7 Å². The number of piperidine rings is 1. The second-order valence-electron chi connectivity index (χ2n) is 13.0. The van der Waals surface area contributed by atoms with E-state index in [9.17, 15) is 22.8 Å². The molecule has 47 heavy (non-hydrogen) atoms. The Balaban J connectivity index is 1.40. The second kappa shape index (κ2) is 13.6. The number of likely N-dealkylation sites (N-methyl/N-ethyl adjacent to an activating group) is 1. The Hall–Kier alpha value is -4.09. The van der Waals surface area contributed by atoms with E-state index in [2.05, 4.69) is 34.1 Å². The lowest BCUT2D eigenvalue weighted by Crippen LogP contribution is -2.49. The molecule has 250 valence electrons. The number of nitrogens with zero attached hydrogens (tertiary/aromatic N) is 4. The molecule has 0 spiro atoms. The molecule has 2 amide bonds. The number of fused-ring (bicyclic) bond motifs is 1. The molecule has 0 aromatic heterocycles. The zero-order chi connectivity index (χ0) is 33.3. The second-order valence-corrected chi connectivity index (χ2v) is 13.0. The monoisotopic (exact) mass is 649 g/mol. The topological polar surface area (TPSA) is 68.4 Å². The van der Waals surface area contributed by atoms with Gasteiger partial charge in [0, 0.05) is 49.7 Å². The number of hydrogen-bond acceptors (Lipinski definition) is 6. The summed E-state index contributed by atoms with van der Waals surface area (Å²) in [6, 6.07) is 16.9. The lowest BCUT2D eigenvalue weighted by atomic mass is 9.78. The Bertz CT molecular complexity index is 1580. The van der Waals surface area contributed by atoms with Gasteiger partial charge in [0.05, 0.1) is 24.6 Å². The molecule has 0 unspecified atom stereocenters. The van der Waals surface area contributed by atoms with Gasteiger partial charge in [0.25, 0.3) is 5.91 Å². The number of nitrogens with one attached hydrogen (secondary N) is 1. The number of amides is 2. The molecule has 0 radical (unpaired) electrons. The molecular formula is C36H42F3N5O3. The van der Waals surface area contributed by atoms with E-state index in [1.807, 2.05) is 24.3 Å². The van der Waals surface area contributed by atoms with Crippen molar-refractivity contribution in [2.24, 2.45) is 5.92 Å². The smallest absolute Gasteiger partial charge is 0.416 e. The van der Waals surface area contributed by atoms with Crippen LogP contribution in [-0.4, -0.2) is 93.5 Å². The van der Waals surface area contributed by atoms with Crippen LogP contribution < -0.4 is 15.0 Å². The van der Waals surface area contributed by atoms with E-state index in [-0.39, 0.29) is 17.7 Å². The van der Waals surface area contributed by atoms with Crippen LogP contribution in [0.25, 0.3) is 0 Å². The van der Waals surface area contributed by atoms with Gasteiger partial charge < -0.3 is 29.7 Å². The maximum atomic E-state index is 14.5. The van der Waals surface area contributed by atoms with Crippen LogP contribution in [0.5, 0.6) is 5.75 Å². The lowest BCUT2D eigenvalue weighted by Gasteiger charge is -2.44. The first-order valence-electron chi connectivity index (χ1n) is 16.2. The zero-order valence-corrected chi connectivity index (χ0v) is 27.1. The van der Waals surface area contributed by atoms with E-state index < -0.39 is 23.7 Å². The third kappa shape index (κ3) is 7.11. The minimum Gasteiger partial charge on any atom is -0.497 e. The Morgan fingerprint density at radius 1 is 0.894 bits per heavy atom. The van der Waals surface area contributed by atoms with Gasteiger partial charge in [-0.3, -0.25) is 9.59 Å². The highest BCUT2D eigenvalue weighted by molar-refractivity contribution is 6.04. The van der Waals surface area contributed by atoms with Crippen LogP contribution in [0.3, 0.4) is 0 Å². The van der Waals surface area contributed by atoms with Gasteiger partial charge in [-0.2, -0.15) is 13.2 Å². The summed E-state index contributed by atoms with van der Waals surface area (Å²) in [6.45, 7) is 5.78. The van der Waals surface area contributed by atoms with Gasteiger partial charge in [-0.15, -0.1) is 0 Å². The maximum absolute atomic E-state index is 14.5. The Morgan fingerprint density at radius 2 is 1.57 bits per heavy atom. The van der Waals surface area contributed by atoms with Crippen molar-refractivity contribution in [1.82, 2.24) is 14.7 Å². The molecule has 3 aromatic rings. The Morgan fingerprint density at radius 3 is 2.23 bits per heavy atom. The van der Waals surface area contributed by atoms with Crippen LogP contribution in [0, 0.1) is 5.92 Å². The van der Waals surface area contributed by atoms with Crippen LogP contribution in [0.4, 0.5) is 24.5 Å². The fourth-order valence-electron chi connectivity index (χ4n) is 7.06. The molecule has 0 bridgehead atoms. The highest BCUT2D eigenvalue weighted by atomic mass is 19.4. The number of carbonyl (C=O) groups excluding carboxylic acids is 2. The van der Waals surface area contributed by atoms with Gasteiger partial charge in [-0.1, -0.05) is 24.3 Å². The van der Waals surface area contributed by atoms with Crippen molar-refractivity contribution in [1.29, 1.82) is 0 Å². The molecule has 8 nitrogen and oxygen atoms in total. The first-order chi connectivity index (χ1) is 22.5. The molecule has 2 fully saturated rings. The summed E-state index contributed by atoms with van der Waals surface area (Å²) in [5.74, 6) is -0.808. The average Bonchev–Trinajstić information content (AvgIpc) is 3.06. The number of ether oxygens (including phenoxy) is 1. The summed E-state index contributed by atoms with van der Waals surface area (Å²) < 4.78 is 46.2. The van der Waals surface area contributed by atoms with Gasteiger partial charge in [-0.25, -0.2) is 0 Å². The summed E-state index contributed by atoms with van der Waals surface area (Å²) in [5, 5.41) is 3.12. The zero-order valence-electron chi connectivity index (χ0n) is 27.1. The molecule has 3 aliphatic heterocycles. The maximum Gasteiger partial charge on any atom is 0.416 e. The summed E-state index contributed by atoms with van der Waals surface area (Å²) in [4.78, 5) is 37.4.